The number of nitrogens with one attached hydrogen (secondary N) is 1. The Hall–Kier alpha value is -3.70. The Morgan fingerprint density at radius 1 is 0.931 bits per heavy atom. The van der Waals surface area contributed by atoms with Crippen LogP contribution in [0.15, 0.2) is 91.3 Å². The number of hydrogen-bond donors (Lipinski definition) is 2. The average Bonchev–Trinajstić information content (AvgIpc) is 2.78. The topological polar surface area (TPSA) is 71.5 Å². The lowest BCUT2D eigenvalue weighted by Gasteiger charge is -2.13. The number of benzene rings is 3. The SMILES string of the molecule is O=C(NCC(O)c1ccc2ccccc2c1)c1ccc(Oc2cccnc2)cc1. The number of ether oxygens (including phenoxy) is 1. The van der Waals surface area contributed by atoms with Crippen LogP contribution in [0.5, 0.6) is 11.5 Å². The van der Waals surface area contributed by atoms with Crippen LogP contribution in [0, 0.1) is 0 Å². The second-order valence-electron chi connectivity index (χ2n) is 6.65. The molecule has 0 aliphatic heterocycles. The van der Waals surface area contributed by atoms with Crippen molar-refractivity contribution in [3.63, 3.8) is 0 Å². The van der Waals surface area contributed by atoms with E-state index in [-0.39, 0.29) is 12.5 Å². The molecule has 1 aromatic heterocycles. The number of fused-ring (bicyclic) bond motifs is 1. The summed E-state index contributed by atoms with van der Waals surface area (Å²) < 4.78 is 5.67. The molecule has 0 saturated carbocycles. The second-order valence-corrected chi connectivity index (χ2v) is 6.65. The molecular weight excluding hydrogens is 364 g/mol. The molecule has 0 bridgehead atoms. The van der Waals surface area contributed by atoms with Gasteiger partial charge in [0.05, 0.1) is 12.3 Å². The van der Waals surface area contributed by atoms with Gasteiger partial charge in [-0.2, -0.15) is 0 Å². The molecule has 0 fully saturated rings. The van der Waals surface area contributed by atoms with Gasteiger partial charge in [-0.3, -0.25) is 9.78 Å². The summed E-state index contributed by atoms with van der Waals surface area (Å²) in [6.45, 7) is 0.130. The Kier molecular flexibility index (Phi) is 5.49. The highest BCUT2D eigenvalue weighted by molar-refractivity contribution is 5.94. The van der Waals surface area contributed by atoms with E-state index in [2.05, 4.69) is 10.3 Å². The lowest BCUT2D eigenvalue weighted by atomic mass is 10.0. The highest BCUT2D eigenvalue weighted by atomic mass is 16.5. The van der Waals surface area contributed by atoms with E-state index in [1.54, 1.807) is 42.7 Å². The molecule has 1 heterocycles. The van der Waals surface area contributed by atoms with Crippen LogP contribution in [0.4, 0.5) is 0 Å². The van der Waals surface area contributed by atoms with Crippen molar-refractivity contribution in [3.8, 4) is 11.5 Å². The number of aliphatic hydroxyl groups excluding tert-OH is 1. The van der Waals surface area contributed by atoms with Gasteiger partial charge in [-0.15, -0.1) is 0 Å². The fourth-order valence-corrected chi connectivity index (χ4v) is 3.04. The van der Waals surface area contributed by atoms with Gasteiger partial charge in [0.1, 0.15) is 11.5 Å². The van der Waals surface area contributed by atoms with E-state index in [1.807, 2.05) is 48.5 Å². The molecule has 1 unspecified atom stereocenters. The Morgan fingerprint density at radius 3 is 2.48 bits per heavy atom. The highest BCUT2D eigenvalue weighted by Gasteiger charge is 2.12. The van der Waals surface area contributed by atoms with Crippen molar-refractivity contribution < 1.29 is 14.6 Å². The van der Waals surface area contributed by atoms with Crippen molar-refractivity contribution in [2.45, 2.75) is 6.10 Å². The summed E-state index contributed by atoms with van der Waals surface area (Å²) in [4.78, 5) is 16.4. The molecule has 4 aromatic rings. The number of pyridine rings is 1. The zero-order valence-corrected chi connectivity index (χ0v) is 15.7. The van der Waals surface area contributed by atoms with Gasteiger partial charge >= 0.3 is 0 Å². The van der Waals surface area contributed by atoms with Crippen LogP contribution < -0.4 is 10.1 Å². The van der Waals surface area contributed by atoms with Crippen LogP contribution in [0.25, 0.3) is 10.8 Å². The number of carbonyl (C=O) groups is 1. The lowest BCUT2D eigenvalue weighted by Crippen LogP contribution is -2.28. The standard InChI is InChI=1S/C24H20N2O3/c27-23(20-8-7-17-4-1-2-5-19(17)14-20)16-26-24(28)18-9-11-21(12-10-18)29-22-6-3-13-25-15-22/h1-15,23,27H,16H2,(H,26,28). The monoisotopic (exact) mass is 384 g/mol. The molecule has 5 heteroatoms. The van der Waals surface area contributed by atoms with Crippen molar-refractivity contribution >= 4 is 16.7 Å². The maximum Gasteiger partial charge on any atom is 0.251 e. The molecule has 4 rings (SSSR count). The first-order valence-electron chi connectivity index (χ1n) is 9.32. The second kappa shape index (κ2) is 8.54. The van der Waals surface area contributed by atoms with E-state index >= 15 is 0 Å². The van der Waals surface area contributed by atoms with Crippen LogP contribution in [0.3, 0.4) is 0 Å². The number of carbonyl (C=O) groups excluding carboxylic acids is 1. The van der Waals surface area contributed by atoms with Crippen LogP contribution in [-0.2, 0) is 0 Å². The third kappa shape index (κ3) is 4.59. The van der Waals surface area contributed by atoms with Crippen LogP contribution in [0.1, 0.15) is 22.0 Å². The number of amides is 1. The van der Waals surface area contributed by atoms with E-state index in [0.717, 1.165) is 16.3 Å². The number of aliphatic hydroxyl groups is 1. The summed E-state index contributed by atoms with van der Waals surface area (Å²) in [5.74, 6) is 0.992. The molecule has 3 aromatic carbocycles. The molecule has 0 spiro atoms. The fraction of sp³-hybridized carbons (Fsp3) is 0.0833. The minimum atomic E-state index is -0.781. The largest absolute Gasteiger partial charge is 0.456 e. The van der Waals surface area contributed by atoms with Gasteiger partial charge in [0.2, 0.25) is 0 Å². The van der Waals surface area contributed by atoms with Crippen molar-refractivity contribution in [2.24, 2.45) is 0 Å². The molecule has 2 N–H and O–H groups in total. The molecule has 144 valence electrons. The van der Waals surface area contributed by atoms with E-state index < -0.39 is 6.10 Å². The molecule has 0 saturated heterocycles. The smallest absolute Gasteiger partial charge is 0.251 e. The van der Waals surface area contributed by atoms with Crippen LogP contribution in [0.2, 0.25) is 0 Å². The van der Waals surface area contributed by atoms with Crippen molar-refractivity contribution in [3.05, 3.63) is 102 Å². The maximum absolute atomic E-state index is 12.4. The molecule has 1 amide bonds. The summed E-state index contributed by atoms with van der Waals surface area (Å²) in [6.07, 6.45) is 2.51. The minimum absolute atomic E-state index is 0.130. The van der Waals surface area contributed by atoms with E-state index in [1.165, 1.54) is 0 Å². The zero-order valence-electron chi connectivity index (χ0n) is 15.7. The van der Waals surface area contributed by atoms with Gasteiger partial charge in [-0.25, -0.2) is 0 Å². The molecule has 1 atom stereocenters. The highest BCUT2D eigenvalue weighted by Crippen LogP contribution is 2.22. The van der Waals surface area contributed by atoms with Crippen LogP contribution in [-0.4, -0.2) is 22.5 Å². The van der Waals surface area contributed by atoms with E-state index in [4.69, 9.17) is 4.74 Å². The van der Waals surface area contributed by atoms with Gasteiger partial charge < -0.3 is 15.2 Å². The number of aromatic nitrogens is 1. The zero-order chi connectivity index (χ0) is 20.1. The third-order valence-corrected chi connectivity index (χ3v) is 4.60. The van der Waals surface area contributed by atoms with E-state index in [9.17, 15) is 9.90 Å². The first kappa shape index (κ1) is 18.7. The van der Waals surface area contributed by atoms with Crippen molar-refractivity contribution in [2.75, 3.05) is 6.54 Å². The molecule has 0 radical (unpaired) electrons. The molecule has 29 heavy (non-hydrogen) atoms. The Bertz CT molecular complexity index is 1110. The van der Waals surface area contributed by atoms with Gasteiger partial charge in [0.15, 0.2) is 0 Å². The maximum atomic E-state index is 12.4. The predicted octanol–water partition coefficient (Wildman–Crippen LogP) is 4.49. The van der Waals surface area contributed by atoms with Gasteiger partial charge in [-0.05, 0) is 58.8 Å². The minimum Gasteiger partial charge on any atom is -0.456 e. The van der Waals surface area contributed by atoms with Crippen LogP contribution >= 0.6 is 0 Å². The summed E-state index contributed by atoms with van der Waals surface area (Å²) in [6, 6.07) is 24.2. The Labute approximate surface area is 168 Å². The molecular formula is C24H20N2O3. The lowest BCUT2D eigenvalue weighted by molar-refractivity contribution is 0.0916. The first-order valence-corrected chi connectivity index (χ1v) is 9.32. The van der Waals surface area contributed by atoms with E-state index in [0.29, 0.717) is 17.1 Å². The number of rotatable bonds is 6. The van der Waals surface area contributed by atoms with Gasteiger partial charge in [0, 0.05) is 18.3 Å². The first-order chi connectivity index (χ1) is 14.2. The third-order valence-electron chi connectivity index (χ3n) is 4.60. The average molecular weight is 384 g/mol. The number of hydrogen-bond acceptors (Lipinski definition) is 4. The Balaban J connectivity index is 1.36. The number of nitrogens with zero attached hydrogens (tertiary/aromatic N) is 1. The van der Waals surface area contributed by atoms with Gasteiger partial charge in [-0.1, -0.05) is 36.4 Å². The summed E-state index contributed by atoms with van der Waals surface area (Å²) in [5, 5.41) is 15.4. The quantitative estimate of drug-likeness (QED) is 0.514. The summed E-state index contributed by atoms with van der Waals surface area (Å²) >= 11 is 0. The normalized spacial score (nSPS) is 11.8. The fourth-order valence-electron chi connectivity index (χ4n) is 3.04. The summed E-state index contributed by atoms with van der Waals surface area (Å²) in [5.41, 5.74) is 1.26. The Morgan fingerprint density at radius 2 is 1.72 bits per heavy atom. The molecule has 5 nitrogen and oxygen atoms in total. The molecule has 0 aliphatic rings. The van der Waals surface area contributed by atoms with Crippen molar-refractivity contribution in [1.29, 1.82) is 0 Å². The summed E-state index contributed by atoms with van der Waals surface area (Å²) in [7, 11) is 0. The predicted molar refractivity (Wildman–Crippen MR) is 112 cm³/mol. The molecule has 0 aliphatic carbocycles. The van der Waals surface area contributed by atoms with Gasteiger partial charge in [0.25, 0.3) is 5.91 Å². The van der Waals surface area contributed by atoms with Crippen molar-refractivity contribution in [1.82, 2.24) is 10.3 Å².